The summed E-state index contributed by atoms with van der Waals surface area (Å²) in [7, 11) is 0. The van der Waals surface area contributed by atoms with Crippen molar-refractivity contribution in [2.75, 3.05) is 0 Å². The number of aliphatic carboxylic acids is 1. The van der Waals surface area contributed by atoms with Gasteiger partial charge in [0.1, 0.15) is 11.9 Å². The molecule has 0 fully saturated rings. The molecule has 1 unspecified atom stereocenters. The third-order valence-corrected chi connectivity index (χ3v) is 5.92. The van der Waals surface area contributed by atoms with E-state index in [9.17, 15) is 27.9 Å². The molecule has 0 saturated heterocycles. The summed E-state index contributed by atoms with van der Waals surface area (Å²) >= 11 is 0. The number of hydrogen-bond acceptors (Lipinski definition) is 5. The molecule has 10 heteroatoms. The molecule has 0 aliphatic carbocycles. The molecule has 0 aliphatic rings. The van der Waals surface area contributed by atoms with Gasteiger partial charge in [-0.25, -0.2) is 14.8 Å². The van der Waals surface area contributed by atoms with Gasteiger partial charge in [0.2, 0.25) is 5.91 Å². The summed E-state index contributed by atoms with van der Waals surface area (Å²) in [5.74, 6) is -1.62. The number of pyridine rings is 1. The van der Waals surface area contributed by atoms with Gasteiger partial charge in [-0.3, -0.25) is 9.78 Å². The van der Waals surface area contributed by atoms with Crippen molar-refractivity contribution in [3.63, 3.8) is 0 Å². The Morgan fingerprint density at radius 3 is 2.08 bits per heavy atom. The van der Waals surface area contributed by atoms with Crippen LogP contribution in [0.2, 0.25) is 0 Å². The van der Waals surface area contributed by atoms with E-state index in [4.69, 9.17) is 0 Å². The van der Waals surface area contributed by atoms with Crippen molar-refractivity contribution in [3.05, 3.63) is 120 Å². The second-order valence-electron chi connectivity index (χ2n) is 8.58. The van der Waals surface area contributed by atoms with Crippen molar-refractivity contribution in [1.29, 1.82) is 0 Å². The minimum Gasteiger partial charge on any atom is -0.480 e. The highest BCUT2D eigenvalue weighted by Crippen LogP contribution is 2.29. The third kappa shape index (κ3) is 7.35. The van der Waals surface area contributed by atoms with Crippen LogP contribution in [0.15, 0.2) is 97.6 Å². The number of carbonyl (C=O) groups is 2. The van der Waals surface area contributed by atoms with Crippen LogP contribution in [0.4, 0.5) is 13.2 Å². The van der Waals surface area contributed by atoms with Gasteiger partial charge in [0.05, 0.1) is 5.56 Å². The molecule has 4 aromatic rings. The molecular weight excluding hydrogens is 509 g/mol. The Kier molecular flexibility index (Phi) is 8.45. The second-order valence-corrected chi connectivity index (χ2v) is 8.58. The molecule has 7 nitrogen and oxygen atoms in total. The van der Waals surface area contributed by atoms with Crippen molar-refractivity contribution in [2.45, 2.75) is 25.2 Å². The van der Waals surface area contributed by atoms with E-state index in [0.717, 1.165) is 29.3 Å². The lowest BCUT2D eigenvalue weighted by molar-refractivity contribution is -0.149. The van der Waals surface area contributed by atoms with E-state index in [1.54, 1.807) is 30.6 Å². The highest BCUT2D eigenvalue weighted by molar-refractivity contribution is 5.94. The molecule has 0 saturated carbocycles. The summed E-state index contributed by atoms with van der Waals surface area (Å²) in [5.41, 5.74) is 2.11. The zero-order valence-electron chi connectivity index (χ0n) is 20.5. The molecule has 198 valence electrons. The first-order valence-electron chi connectivity index (χ1n) is 11.8. The standard InChI is InChI=1S/C29H23F3N4O3/c30-29(31,32)24-9-4-20(5-10-24)6-11-27(37)36(25(28(38)39)18-26-34-14-1-15-35-26)19-21-2-7-22(8-3-21)23-12-16-33-17-13-23/h1-17,25H,18-19H2,(H,38,39). The van der Waals surface area contributed by atoms with Gasteiger partial charge < -0.3 is 10.0 Å². The van der Waals surface area contributed by atoms with Gasteiger partial charge in [-0.05, 0) is 58.7 Å². The molecule has 2 aromatic heterocycles. The van der Waals surface area contributed by atoms with Crippen molar-refractivity contribution in [3.8, 4) is 11.1 Å². The minimum absolute atomic E-state index is 0.0311. The van der Waals surface area contributed by atoms with Crippen molar-refractivity contribution >= 4 is 18.0 Å². The maximum atomic E-state index is 13.3. The summed E-state index contributed by atoms with van der Waals surface area (Å²) < 4.78 is 38.6. The maximum Gasteiger partial charge on any atom is 0.416 e. The first-order valence-corrected chi connectivity index (χ1v) is 11.8. The first kappa shape index (κ1) is 27.2. The Labute approximate surface area is 222 Å². The Morgan fingerprint density at radius 2 is 1.49 bits per heavy atom. The van der Waals surface area contributed by atoms with Gasteiger partial charge in [0.15, 0.2) is 0 Å². The lowest BCUT2D eigenvalue weighted by Crippen LogP contribution is -2.45. The van der Waals surface area contributed by atoms with Crippen LogP contribution in [0.3, 0.4) is 0 Å². The molecule has 0 bridgehead atoms. The van der Waals surface area contributed by atoms with E-state index < -0.39 is 29.7 Å². The normalized spacial score (nSPS) is 12.3. The molecule has 2 aromatic carbocycles. The fourth-order valence-electron chi connectivity index (χ4n) is 3.87. The number of halogens is 3. The van der Waals surface area contributed by atoms with Gasteiger partial charge in [-0.15, -0.1) is 0 Å². The predicted molar refractivity (Wildman–Crippen MR) is 138 cm³/mol. The largest absolute Gasteiger partial charge is 0.480 e. The van der Waals surface area contributed by atoms with E-state index in [2.05, 4.69) is 15.0 Å². The fraction of sp³-hybridized carbons (Fsp3) is 0.138. The number of carboxylic acids is 1. The summed E-state index contributed by atoms with van der Waals surface area (Å²) in [5, 5.41) is 10.0. The molecule has 1 N–H and O–H groups in total. The molecule has 0 spiro atoms. The zero-order valence-corrected chi connectivity index (χ0v) is 20.5. The third-order valence-electron chi connectivity index (χ3n) is 5.92. The van der Waals surface area contributed by atoms with Crippen LogP contribution in [0.25, 0.3) is 17.2 Å². The predicted octanol–water partition coefficient (Wildman–Crippen LogP) is 5.30. The zero-order chi connectivity index (χ0) is 27.8. The average molecular weight is 533 g/mol. The van der Waals surface area contributed by atoms with Gasteiger partial charge in [0, 0.05) is 43.8 Å². The fourth-order valence-corrected chi connectivity index (χ4v) is 3.87. The van der Waals surface area contributed by atoms with Gasteiger partial charge in [-0.2, -0.15) is 13.2 Å². The maximum absolute atomic E-state index is 13.3. The number of rotatable bonds is 9. The quantitative estimate of drug-likeness (QED) is 0.294. The number of alkyl halides is 3. The van der Waals surface area contributed by atoms with E-state index in [1.165, 1.54) is 35.5 Å². The number of carbonyl (C=O) groups excluding carboxylic acids is 1. The monoisotopic (exact) mass is 532 g/mol. The Morgan fingerprint density at radius 1 is 0.872 bits per heavy atom. The summed E-state index contributed by atoms with van der Waals surface area (Å²) in [6.45, 7) is -0.0311. The van der Waals surface area contributed by atoms with Crippen LogP contribution in [-0.2, 0) is 28.7 Å². The van der Waals surface area contributed by atoms with Crippen LogP contribution >= 0.6 is 0 Å². The summed E-state index contributed by atoms with van der Waals surface area (Å²) in [6, 6.07) is 15.6. The molecule has 1 atom stereocenters. The average Bonchev–Trinajstić information content (AvgIpc) is 2.94. The summed E-state index contributed by atoms with van der Waals surface area (Å²) in [6.07, 6.45) is 4.20. The van der Waals surface area contributed by atoms with Gasteiger partial charge in [-0.1, -0.05) is 36.4 Å². The van der Waals surface area contributed by atoms with Gasteiger partial charge >= 0.3 is 12.1 Å². The first-order chi connectivity index (χ1) is 18.7. The number of aromatic nitrogens is 3. The van der Waals surface area contributed by atoms with Crippen LogP contribution in [0.5, 0.6) is 0 Å². The number of nitrogens with zero attached hydrogens (tertiary/aromatic N) is 4. The Bertz CT molecular complexity index is 1430. The number of amides is 1. The van der Waals surface area contributed by atoms with E-state index >= 15 is 0 Å². The Hall–Kier alpha value is -4.86. The number of carboxylic acid groups (broad SMARTS) is 1. The van der Waals surface area contributed by atoms with Crippen molar-refractivity contribution in [2.24, 2.45) is 0 Å². The lowest BCUT2D eigenvalue weighted by atomic mass is 10.0. The second kappa shape index (κ2) is 12.1. The van der Waals surface area contributed by atoms with Crippen LogP contribution < -0.4 is 0 Å². The smallest absolute Gasteiger partial charge is 0.416 e. The molecule has 1 amide bonds. The van der Waals surface area contributed by atoms with Crippen molar-refractivity contribution in [1.82, 2.24) is 19.9 Å². The molecular formula is C29H23F3N4O3. The van der Waals surface area contributed by atoms with Gasteiger partial charge in [0.25, 0.3) is 0 Å². The Balaban J connectivity index is 1.60. The highest BCUT2D eigenvalue weighted by Gasteiger charge is 2.31. The SMILES string of the molecule is O=C(O)C(Cc1ncccn1)N(Cc1ccc(-c2ccncc2)cc1)C(=O)C=Cc1ccc(C(F)(F)F)cc1. The molecule has 2 heterocycles. The lowest BCUT2D eigenvalue weighted by Gasteiger charge is -2.28. The van der Waals surface area contributed by atoms with Crippen LogP contribution in [0, 0.1) is 0 Å². The number of benzene rings is 2. The van der Waals surface area contributed by atoms with Crippen LogP contribution in [-0.4, -0.2) is 42.9 Å². The molecule has 4 rings (SSSR count). The molecule has 0 aliphatic heterocycles. The van der Waals surface area contributed by atoms with E-state index in [0.29, 0.717) is 11.1 Å². The minimum atomic E-state index is -4.48. The molecule has 0 radical (unpaired) electrons. The van der Waals surface area contributed by atoms with E-state index in [-0.39, 0.29) is 18.8 Å². The van der Waals surface area contributed by atoms with E-state index in [1.807, 2.05) is 24.3 Å². The van der Waals surface area contributed by atoms with Crippen molar-refractivity contribution < 1.29 is 27.9 Å². The van der Waals surface area contributed by atoms with Crippen LogP contribution in [0.1, 0.15) is 22.5 Å². The number of hydrogen-bond donors (Lipinski definition) is 1. The summed E-state index contributed by atoms with van der Waals surface area (Å²) in [4.78, 5) is 39.0. The molecule has 39 heavy (non-hydrogen) atoms. The highest BCUT2D eigenvalue weighted by atomic mass is 19.4. The topological polar surface area (TPSA) is 96.3 Å².